The maximum absolute atomic E-state index is 12.6. The Morgan fingerprint density at radius 2 is 2.04 bits per heavy atom. The second kappa shape index (κ2) is 7.22. The third-order valence-corrected chi connectivity index (χ3v) is 4.24. The van der Waals surface area contributed by atoms with E-state index >= 15 is 0 Å². The van der Waals surface area contributed by atoms with Gasteiger partial charge >= 0.3 is 5.69 Å². The quantitative estimate of drug-likeness (QED) is 0.543. The number of aromatic amines is 1. The van der Waals surface area contributed by atoms with Gasteiger partial charge in [-0.3, -0.25) is 14.9 Å². The van der Waals surface area contributed by atoms with E-state index in [4.69, 9.17) is 0 Å². The number of amides is 1. The predicted octanol–water partition coefficient (Wildman–Crippen LogP) is 2.68. The summed E-state index contributed by atoms with van der Waals surface area (Å²) < 4.78 is 0. The Hall–Kier alpha value is -3.42. The number of hydrogen-bond acceptors (Lipinski definition) is 5. The van der Waals surface area contributed by atoms with Gasteiger partial charge in [-0.2, -0.15) is 0 Å². The average Bonchev–Trinajstić information content (AvgIpc) is 3.12. The maximum atomic E-state index is 12.6. The van der Waals surface area contributed by atoms with Gasteiger partial charge in [-0.1, -0.05) is 0 Å². The SMILES string of the molecule is CN(CCN(C)c1ncccc1[N+](=O)[O-])C(=O)c1ccc2[nH]ccc2c1. The number of anilines is 1. The molecule has 3 rings (SSSR count). The smallest absolute Gasteiger partial charge is 0.311 e. The summed E-state index contributed by atoms with van der Waals surface area (Å²) in [6.45, 7) is 0.834. The standard InChI is InChI=1S/C18H19N5O3/c1-21(17-16(23(25)26)4-3-8-20-17)10-11-22(2)18(24)14-5-6-15-13(12-14)7-9-19-15/h3-9,12,19H,10-11H2,1-2H3. The van der Waals surface area contributed by atoms with Gasteiger partial charge in [0.1, 0.15) is 0 Å². The second-order valence-electron chi connectivity index (χ2n) is 6.03. The van der Waals surface area contributed by atoms with Gasteiger partial charge in [-0.25, -0.2) is 4.98 Å². The van der Waals surface area contributed by atoms with Crippen LogP contribution >= 0.6 is 0 Å². The molecule has 2 heterocycles. The minimum absolute atomic E-state index is 0.0538. The number of likely N-dealkylation sites (N-methyl/N-ethyl adjacent to an activating group) is 2. The molecule has 0 saturated heterocycles. The van der Waals surface area contributed by atoms with Crippen molar-refractivity contribution in [3.05, 3.63) is 64.5 Å². The van der Waals surface area contributed by atoms with Crippen LogP contribution in [0.25, 0.3) is 10.9 Å². The summed E-state index contributed by atoms with van der Waals surface area (Å²) in [5.41, 5.74) is 1.53. The molecule has 3 aromatic rings. The Morgan fingerprint density at radius 3 is 2.81 bits per heavy atom. The highest BCUT2D eigenvalue weighted by atomic mass is 16.6. The highest BCUT2D eigenvalue weighted by Gasteiger charge is 2.19. The fourth-order valence-electron chi connectivity index (χ4n) is 2.74. The number of carbonyl (C=O) groups is 1. The van der Waals surface area contributed by atoms with E-state index in [1.807, 2.05) is 24.4 Å². The second-order valence-corrected chi connectivity index (χ2v) is 6.03. The first-order chi connectivity index (χ1) is 12.5. The van der Waals surface area contributed by atoms with E-state index in [9.17, 15) is 14.9 Å². The van der Waals surface area contributed by atoms with Crippen LogP contribution in [0.5, 0.6) is 0 Å². The lowest BCUT2D eigenvalue weighted by Gasteiger charge is -2.23. The molecule has 0 spiro atoms. The summed E-state index contributed by atoms with van der Waals surface area (Å²) in [7, 11) is 3.43. The molecule has 0 aliphatic carbocycles. The predicted molar refractivity (Wildman–Crippen MR) is 99.4 cm³/mol. The molecule has 8 heteroatoms. The van der Waals surface area contributed by atoms with Crippen LogP contribution < -0.4 is 4.90 Å². The monoisotopic (exact) mass is 353 g/mol. The van der Waals surface area contributed by atoms with Gasteiger partial charge in [-0.05, 0) is 30.3 Å². The van der Waals surface area contributed by atoms with Crippen LogP contribution in [-0.4, -0.2) is 52.9 Å². The molecule has 0 saturated carbocycles. The largest absolute Gasteiger partial charge is 0.361 e. The Balaban J connectivity index is 1.67. The Kier molecular flexibility index (Phi) is 4.83. The lowest BCUT2D eigenvalue weighted by atomic mass is 10.1. The summed E-state index contributed by atoms with van der Waals surface area (Å²) >= 11 is 0. The first kappa shape index (κ1) is 17.4. The van der Waals surface area contributed by atoms with Crippen LogP contribution in [0.2, 0.25) is 0 Å². The Morgan fingerprint density at radius 1 is 1.23 bits per heavy atom. The zero-order valence-corrected chi connectivity index (χ0v) is 14.5. The minimum atomic E-state index is -0.459. The van der Waals surface area contributed by atoms with Crippen LogP contribution in [0.15, 0.2) is 48.8 Å². The van der Waals surface area contributed by atoms with Gasteiger partial charge in [0.2, 0.25) is 5.82 Å². The third-order valence-electron chi connectivity index (χ3n) is 4.24. The molecule has 0 fully saturated rings. The van der Waals surface area contributed by atoms with E-state index in [0.29, 0.717) is 18.7 Å². The van der Waals surface area contributed by atoms with Crippen molar-refractivity contribution < 1.29 is 9.72 Å². The summed E-state index contributed by atoms with van der Waals surface area (Å²) in [6, 6.07) is 10.4. The van der Waals surface area contributed by atoms with Crippen LogP contribution in [0, 0.1) is 10.1 Å². The van der Waals surface area contributed by atoms with Crippen molar-refractivity contribution in [2.75, 3.05) is 32.1 Å². The number of nitrogens with zero attached hydrogens (tertiary/aromatic N) is 4. The molecule has 8 nitrogen and oxygen atoms in total. The molecule has 0 bridgehead atoms. The average molecular weight is 353 g/mol. The zero-order valence-electron chi connectivity index (χ0n) is 14.5. The van der Waals surface area contributed by atoms with E-state index in [0.717, 1.165) is 10.9 Å². The van der Waals surface area contributed by atoms with Crippen LogP contribution in [0.1, 0.15) is 10.4 Å². The molecule has 134 valence electrons. The van der Waals surface area contributed by atoms with Crippen LogP contribution in [-0.2, 0) is 0 Å². The summed E-state index contributed by atoms with van der Waals surface area (Å²) in [5.74, 6) is 0.184. The summed E-state index contributed by atoms with van der Waals surface area (Å²) in [4.78, 5) is 33.7. The molecule has 0 aliphatic heterocycles. The number of pyridine rings is 1. The van der Waals surface area contributed by atoms with Crippen LogP contribution in [0.3, 0.4) is 0 Å². The molecule has 1 aromatic carbocycles. The number of rotatable bonds is 6. The third kappa shape index (κ3) is 3.49. The Labute approximate surface area is 150 Å². The lowest BCUT2D eigenvalue weighted by molar-refractivity contribution is -0.384. The molecule has 2 aromatic heterocycles. The Bertz CT molecular complexity index is 953. The van der Waals surface area contributed by atoms with E-state index < -0.39 is 4.92 Å². The summed E-state index contributed by atoms with van der Waals surface area (Å²) in [6.07, 6.45) is 3.34. The minimum Gasteiger partial charge on any atom is -0.361 e. The van der Waals surface area contributed by atoms with Gasteiger partial charge in [-0.15, -0.1) is 0 Å². The number of nitro groups is 1. The van der Waals surface area contributed by atoms with Gasteiger partial charge < -0.3 is 14.8 Å². The summed E-state index contributed by atoms with van der Waals surface area (Å²) in [5, 5.41) is 12.1. The van der Waals surface area contributed by atoms with Crippen molar-refractivity contribution in [1.29, 1.82) is 0 Å². The van der Waals surface area contributed by atoms with Crippen molar-refractivity contribution in [3.8, 4) is 0 Å². The molecule has 1 N–H and O–H groups in total. The van der Waals surface area contributed by atoms with Gasteiger partial charge in [0.25, 0.3) is 5.91 Å². The first-order valence-corrected chi connectivity index (χ1v) is 8.10. The number of H-pyrrole nitrogens is 1. The number of fused-ring (bicyclic) bond motifs is 1. The molecular weight excluding hydrogens is 334 g/mol. The fraction of sp³-hybridized carbons (Fsp3) is 0.222. The van der Waals surface area contributed by atoms with E-state index in [1.165, 1.54) is 18.3 Å². The molecular formula is C18H19N5O3. The molecule has 0 aliphatic rings. The lowest BCUT2D eigenvalue weighted by Crippen LogP contribution is -2.35. The normalized spacial score (nSPS) is 10.7. The van der Waals surface area contributed by atoms with Gasteiger partial charge in [0, 0.05) is 62.1 Å². The van der Waals surface area contributed by atoms with Crippen molar-refractivity contribution >= 4 is 28.3 Å². The van der Waals surface area contributed by atoms with Gasteiger partial charge in [0.05, 0.1) is 4.92 Å². The van der Waals surface area contributed by atoms with Crippen molar-refractivity contribution in [2.45, 2.75) is 0 Å². The molecule has 0 radical (unpaired) electrons. The van der Waals surface area contributed by atoms with Crippen molar-refractivity contribution in [3.63, 3.8) is 0 Å². The number of aromatic nitrogens is 2. The first-order valence-electron chi connectivity index (χ1n) is 8.10. The molecule has 0 unspecified atom stereocenters. The number of nitrogens with one attached hydrogen (secondary N) is 1. The number of benzene rings is 1. The maximum Gasteiger partial charge on any atom is 0.311 e. The molecule has 0 atom stereocenters. The van der Waals surface area contributed by atoms with Crippen LogP contribution in [0.4, 0.5) is 11.5 Å². The van der Waals surface area contributed by atoms with E-state index in [2.05, 4.69) is 9.97 Å². The fourth-order valence-corrected chi connectivity index (χ4v) is 2.74. The molecule has 26 heavy (non-hydrogen) atoms. The van der Waals surface area contributed by atoms with Gasteiger partial charge in [0.15, 0.2) is 0 Å². The van der Waals surface area contributed by atoms with E-state index in [-0.39, 0.29) is 17.4 Å². The zero-order chi connectivity index (χ0) is 18.7. The topological polar surface area (TPSA) is 95.4 Å². The van der Waals surface area contributed by atoms with E-state index in [1.54, 1.807) is 30.0 Å². The number of carbonyl (C=O) groups excluding carboxylic acids is 1. The number of hydrogen-bond donors (Lipinski definition) is 1. The molecule has 1 amide bonds. The highest BCUT2D eigenvalue weighted by Crippen LogP contribution is 2.23. The van der Waals surface area contributed by atoms with Crippen molar-refractivity contribution in [2.24, 2.45) is 0 Å². The van der Waals surface area contributed by atoms with Crippen molar-refractivity contribution in [1.82, 2.24) is 14.9 Å². The highest BCUT2D eigenvalue weighted by molar-refractivity contribution is 5.97.